The van der Waals surface area contributed by atoms with Crippen LogP contribution in [0.3, 0.4) is 0 Å². The molecule has 1 saturated heterocycles. The molecule has 152 valence electrons. The Kier molecular flexibility index (Phi) is 5.57. The number of piperazine rings is 1. The Morgan fingerprint density at radius 3 is 2.79 bits per heavy atom. The fourth-order valence-corrected chi connectivity index (χ4v) is 3.73. The molecule has 0 spiro atoms. The number of aromatic nitrogens is 4. The Bertz CT molecular complexity index is 882. The summed E-state index contributed by atoms with van der Waals surface area (Å²) in [6, 6.07) is 3.88. The highest BCUT2D eigenvalue weighted by molar-refractivity contribution is 5.68. The van der Waals surface area contributed by atoms with Crippen molar-refractivity contribution in [2.24, 2.45) is 0 Å². The van der Waals surface area contributed by atoms with Crippen LogP contribution >= 0.6 is 0 Å². The first-order valence-electron chi connectivity index (χ1n) is 9.79. The second-order valence-electron chi connectivity index (χ2n) is 7.54. The number of hydrogen-bond acceptors (Lipinski definition) is 8. The van der Waals surface area contributed by atoms with Crippen molar-refractivity contribution in [3.05, 3.63) is 29.8 Å². The van der Waals surface area contributed by atoms with Gasteiger partial charge in [-0.15, -0.1) is 0 Å². The van der Waals surface area contributed by atoms with Crippen molar-refractivity contribution in [2.45, 2.75) is 31.3 Å². The van der Waals surface area contributed by atoms with E-state index in [1.807, 2.05) is 12.1 Å². The molecule has 1 saturated carbocycles. The number of H-pyrrole nitrogens is 1. The first-order valence-corrected chi connectivity index (χ1v) is 9.79. The van der Waals surface area contributed by atoms with Gasteiger partial charge in [0.05, 0.1) is 12.4 Å². The van der Waals surface area contributed by atoms with Crippen molar-refractivity contribution in [3.63, 3.8) is 0 Å². The minimum Gasteiger partial charge on any atom is -0.446 e. The molecule has 1 aliphatic carbocycles. The summed E-state index contributed by atoms with van der Waals surface area (Å²) in [5.74, 6) is 1.43. The van der Waals surface area contributed by atoms with Crippen LogP contribution in [0.1, 0.15) is 36.6 Å². The van der Waals surface area contributed by atoms with Crippen molar-refractivity contribution in [3.8, 4) is 6.07 Å². The average molecular weight is 396 g/mol. The minimum atomic E-state index is -0.199. The van der Waals surface area contributed by atoms with Gasteiger partial charge in [0.25, 0.3) is 0 Å². The summed E-state index contributed by atoms with van der Waals surface area (Å²) in [6.07, 6.45) is 5.23. The predicted octanol–water partition coefficient (Wildman–Crippen LogP) is 1.84. The van der Waals surface area contributed by atoms with E-state index in [1.54, 1.807) is 4.90 Å². The standard InChI is InChI=1S/C19H24N8O2/c1-26-4-6-27(7-5-26)19(28)29-15-3-2-13(8-15)16-9-17(25-24-16)23-18-12-21-14(10-20)11-22-18/h9,11-13,15H,2-8H2,1H3,(H2,22,23,24,25)/t13-,15+/m0/s1. The van der Waals surface area contributed by atoms with E-state index in [1.165, 1.54) is 12.4 Å². The number of aromatic amines is 1. The van der Waals surface area contributed by atoms with Crippen LogP contribution in [0.4, 0.5) is 16.4 Å². The molecule has 0 radical (unpaired) electrons. The van der Waals surface area contributed by atoms with Gasteiger partial charge in [-0.2, -0.15) is 10.4 Å². The zero-order valence-electron chi connectivity index (χ0n) is 16.3. The van der Waals surface area contributed by atoms with Crippen molar-refractivity contribution < 1.29 is 9.53 Å². The van der Waals surface area contributed by atoms with Gasteiger partial charge in [-0.25, -0.2) is 14.8 Å². The number of nitriles is 1. The molecule has 3 heterocycles. The van der Waals surface area contributed by atoms with Crippen LogP contribution in [-0.4, -0.2) is 75.4 Å². The Balaban J connectivity index is 1.29. The molecule has 2 aliphatic rings. The van der Waals surface area contributed by atoms with E-state index >= 15 is 0 Å². The number of carbonyl (C=O) groups excluding carboxylic acids is 1. The first-order chi connectivity index (χ1) is 14.1. The Hall–Kier alpha value is -3.19. The highest BCUT2D eigenvalue weighted by atomic mass is 16.6. The van der Waals surface area contributed by atoms with Gasteiger partial charge in [0.1, 0.15) is 18.0 Å². The highest BCUT2D eigenvalue weighted by Crippen LogP contribution is 2.36. The van der Waals surface area contributed by atoms with Crippen LogP contribution in [0, 0.1) is 11.3 Å². The maximum absolute atomic E-state index is 12.4. The Morgan fingerprint density at radius 2 is 2.07 bits per heavy atom. The van der Waals surface area contributed by atoms with Gasteiger partial charge in [-0.1, -0.05) is 0 Å². The number of amides is 1. The third kappa shape index (κ3) is 4.63. The SMILES string of the molecule is CN1CCN(C(=O)O[C@@H]2CC[C@H](c3cc(Nc4cnc(C#N)cn4)n[nH]3)C2)CC1. The lowest BCUT2D eigenvalue weighted by atomic mass is 10.0. The largest absolute Gasteiger partial charge is 0.446 e. The number of rotatable bonds is 4. The molecule has 0 unspecified atom stereocenters. The summed E-state index contributed by atoms with van der Waals surface area (Å²) in [6.45, 7) is 3.21. The number of ether oxygens (including phenoxy) is 1. The molecule has 2 aromatic heterocycles. The van der Waals surface area contributed by atoms with E-state index in [2.05, 4.69) is 37.4 Å². The van der Waals surface area contributed by atoms with Crippen LogP contribution in [0.2, 0.25) is 0 Å². The number of nitrogens with zero attached hydrogens (tertiary/aromatic N) is 6. The van der Waals surface area contributed by atoms with Gasteiger partial charge in [-0.3, -0.25) is 5.10 Å². The minimum absolute atomic E-state index is 0.0590. The van der Waals surface area contributed by atoms with Crippen LogP contribution in [0.15, 0.2) is 18.5 Å². The van der Waals surface area contributed by atoms with Crippen molar-refractivity contribution in [1.82, 2.24) is 30.0 Å². The zero-order valence-corrected chi connectivity index (χ0v) is 16.3. The van der Waals surface area contributed by atoms with Gasteiger partial charge >= 0.3 is 6.09 Å². The lowest BCUT2D eigenvalue weighted by Gasteiger charge is -2.32. The molecule has 0 bridgehead atoms. The van der Waals surface area contributed by atoms with Crippen molar-refractivity contribution >= 4 is 17.7 Å². The molecule has 1 amide bonds. The number of nitrogens with one attached hydrogen (secondary N) is 2. The third-order valence-corrected chi connectivity index (χ3v) is 5.47. The van der Waals surface area contributed by atoms with Crippen molar-refractivity contribution in [2.75, 3.05) is 38.5 Å². The van der Waals surface area contributed by atoms with Crippen LogP contribution < -0.4 is 5.32 Å². The second-order valence-corrected chi connectivity index (χ2v) is 7.54. The number of carbonyl (C=O) groups is 1. The normalized spacial score (nSPS) is 22.3. The summed E-state index contributed by atoms with van der Waals surface area (Å²) in [7, 11) is 2.06. The summed E-state index contributed by atoms with van der Waals surface area (Å²) in [5.41, 5.74) is 1.27. The summed E-state index contributed by atoms with van der Waals surface area (Å²) in [4.78, 5) is 24.5. The van der Waals surface area contributed by atoms with Gasteiger partial charge in [-0.05, 0) is 26.3 Å². The van der Waals surface area contributed by atoms with E-state index in [0.29, 0.717) is 11.6 Å². The fraction of sp³-hybridized carbons (Fsp3) is 0.526. The number of hydrogen-bond donors (Lipinski definition) is 2. The fourth-order valence-electron chi connectivity index (χ4n) is 3.73. The number of likely N-dealkylation sites (N-methyl/N-ethyl adjacent to an activating group) is 1. The Morgan fingerprint density at radius 1 is 1.24 bits per heavy atom. The lowest BCUT2D eigenvalue weighted by Crippen LogP contribution is -2.47. The quantitative estimate of drug-likeness (QED) is 0.802. The molecule has 10 nitrogen and oxygen atoms in total. The summed E-state index contributed by atoms with van der Waals surface area (Å²) < 4.78 is 5.74. The monoisotopic (exact) mass is 396 g/mol. The van der Waals surface area contributed by atoms with E-state index < -0.39 is 0 Å². The summed E-state index contributed by atoms with van der Waals surface area (Å²) >= 11 is 0. The predicted molar refractivity (Wildman–Crippen MR) is 105 cm³/mol. The summed E-state index contributed by atoms with van der Waals surface area (Å²) in [5, 5.41) is 19.2. The smallest absolute Gasteiger partial charge is 0.410 e. The van der Waals surface area contributed by atoms with E-state index in [0.717, 1.165) is 51.1 Å². The first kappa shape index (κ1) is 19.1. The maximum Gasteiger partial charge on any atom is 0.410 e. The average Bonchev–Trinajstić information content (AvgIpc) is 3.38. The molecule has 2 atom stereocenters. The molecule has 1 aliphatic heterocycles. The van der Waals surface area contributed by atoms with E-state index in [-0.39, 0.29) is 23.8 Å². The van der Waals surface area contributed by atoms with Gasteiger partial charge in [0.15, 0.2) is 11.5 Å². The topological polar surface area (TPSA) is 123 Å². The molecule has 4 rings (SSSR count). The van der Waals surface area contributed by atoms with Crippen LogP contribution in [0.25, 0.3) is 0 Å². The molecule has 2 aromatic rings. The van der Waals surface area contributed by atoms with E-state index in [4.69, 9.17) is 10.00 Å². The van der Waals surface area contributed by atoms with Gasteiger partial charge in [0, 0.05) is 43.9 Å². The Labute approximate surface area is 168 Å². The molecule has 2 N–H and O–H groups in total. The van der Waals surface area contributed by atoms with Gasteiger partial charge in [0.2, 0.25) is 0 Å². The maximum atomic E-state index is 12.4. The second kappa shape index (κ2) is 8.45. The third-order valence-electron chi connectivity index (χ3n) is 5.47. The zero-order chi connectivity index (χ0) is 20.2. The van der Waals surface area contributed by atoms with Gasteiger partial charge < -0.3 is 19.9 Å². The molecule has 2 fully saturated rings. The highest BCUT2D eigenvalue weighted by Gasteiger charge is 2.31. The molecule has 10 heteroatoms. The van der Waals surface area contributed by atoms with Crippen LogP contribution in [-0.2, 0) is 4.74 Å². The van der Waals surface area contributed by atoms with Crippen LogP contribution in [0.5, 0.6) is 0 Å². The number of anilines is 2. The van der Waals surface area contributed by atoms with Crippen molar-refractivity contribution in [1.29, 1.82) is 5.26 Å². The molecule has 29 heavy (non-hydrogen) atoms. The lowest BCUT2D eigenvalue weighted by molar-refractivity contribution is 0.0512. The van der Waals surface area contributed by atoms with E-state index in [9.17, 15) is 4.79 Å². The molecular weight excluding hydrogens is 372 g/mol. The molecule has 0 aromatic carbocycles. The molecular formula is C19H24N8O2.